The predicted octanol–water partition coefficient (Wildman–Crippen LogP) is 2.26. The van der Waals surface area contributed by atoms with Crippen LogP contribution in [0.4, 0.5) is 0 Å². The maximum Gasteiger partial charge on any atom is 0.0638 e. The Morgan fingerprint density at radius 1 is 1.40 bits per heavy atom. The molecule has 0 unspecified atom stereocenters. The lowest BCUT2D eigenvalue weighted by atomic mass is 10.1. The van der Waals surface area contributed by atoms with E-state index in [4.69, 9.17) is 0 Å². The van der Waals surface area contributed by atoms with Crippen molar-refractivity contribution in [2.24, 2.45) is 0 Å². The highest BCUT2D eigenvalue weighted by Gasteiger charge is 2.15. The first-order chi connectivity index (χ1) is 6.96. The van der Waals surface area contributed by atoms with Gasteiger partial charge >= 0.3 is 0 Å². The predicted molar refractivity (Wildman–Crippen MR) is 67.4 cm³/mol. The minimum absolute atomic E-state index is 0.297. The largest absolute Gasteiger partial charge is 0.311 e. The van der Waals surface area contributed by atoms with Crippen LogP contribution in [0, 0.1) is 13.8 Å². The van der Waals surface area contributed by atoms with E-state index in [1.165, 1.54) is 11.3 Å². The zero-order valence-electron chi connectivity index (χ0n) is 10.3. The van der Waals surface area contributed by atoms with Gasteiger partial charge in [0.05, 0.1) is 5.69 Å². The Morgan fingerprint density at radius 2 is 2.07 bits per heavy atom. The molecule has 4 heteroatoms. The van der Waals surface area contributed by atoms with Gasteiger partial charge in [-0.05, 0) is 34.0 Å². The number of thioether (sulfide) groups is 1. The molecule has 1 heterocycles. The molecule has 0 aliphatic heterocycles. The first-order valence-electron chi connectivity index (χ1n) is 5.22. The summed E-state index contributed by atoms with van der Waals surface area (Å²) < 4.78 is 0.297. The summed E-state index contributed by atoms with van der Waals surface area (Å²) in [6.07, 6.45) is 2.15. The normalized spacial score (nSPS) is 12.1. The topological polar surface area (TPSA) is 40.7 Å². The number of hydrogen-bond acceptors (Lipinski definition) is 3. The Kier molecular flexibility index (Phi) is 4.22. The van der Waals surface area contributed by atoms with Gasteiger partial charge in [-0.1, -0.05) is 0 Å². The molecule has 0 fully saturated rings. The number of aromatic amines is 1. The fourth-order valence-electron chi connectivity index (χ4n) is 1.40. The van der Waals surface area contributed by atoms with Crippen LogP contribution in [0.1, 0.15) is 30.8 Å². The third-order valence-corrected chi connectivity index (χ3v) is 3.94. The molecular formula is C11H21N3S. The Bertz CT molecular complexity index is 298. The number of hydrogen-bond donors (Lipinski definition) is 2. The lowest BCUT2D eigenvalue weighted by Crippen LogP contribution is -2.31. The summed E-state index contributed by atoms with van der Waals surface area (Å²) in [5.41, 5.74) is 3.57. The zero-order chi connectivity index (χ0) is 11.5. The van der Waals surface area contributed by atoms with Gasteiger partial charge in [-0.15, -0.1) is 0 Å². The highest BCUT2D eigenvalue weighted by atomic mass is 32.2. The molecule has 3 nitrogen and oxygen atoms in total. The van der Waals surface area contributed by atoms with Gasteiger partial charge in [0.2, 0.25) is 0 Å². The SMILES string of the molecule is CSC(C)(C)CNCc1c(C)n[nH]c1C. The average Bonchev–Trinajstić information content (AvgIpc) is 2.49. The Hall–Kier alpha value is -0.480. The molecule has 0 saturated carbocycles. The van der Waals surface area contributed by atoms with Crippen LogP contribution < -0.4 is 5.32 Å². The maximum atomic E-state index is 4.18. The van der Waals surface area contributed by atoms with E-state index in [1.807, 2.05) is 18.7 Å². The third-order valence-electron chi connectivity index (χ3n) is 2.69. The Labute approximate surface area is 96.4 Å². The van der Waals surface area contributed by atoms with Gasteiger partial charge in [0, 0.05) is 29.1 Å². The van der Waals surface area contributed by atoms with Crippen LogP contribution in [0.3, 0.4) is 0 Å². The molecule has 1 rings (SSSR count). The number of nitrogens with zero attached hydrogens (tertiary/aromatic N) is 1. The molecule has 1 aromatic heterocycles. The Morgan fingerprint density at radius 3 is 2.53 bits per heavy atom. The fraction of sp³-hybridized carbons (Fsp3) is 0.727. The van der Waals surface area contributed by atoms with Gasteiger partial charge in [-0.25, -0.2) is 0 Å². The molecule has 0 amide bonds. The standard InChI is InChI=1S/C11H21N3S/c1-8-10(9(2)14-13-8)6-12-7-11(3,4)15-5/h12H,6-7H2,1-5H3,(H,13,14). The second-order valence-electron chi connectivity index (χ2n) is 4.48. The molecule has 15 heavy (non-hydrogen) atoms. The molecule has 0 saturated heterocycles. The van der Waals surface area contributed by atoms with E-state index in [1.54, 1.807) is 0 Å². The van der Waals surface area contributed by atoms with Gasteiger partial charge in [-0.2, -0.15) is 16.9 Å². The lowest BCUT2D eigenvalue weighted by Gasteiger charge is -2.22. The minimum Gasteiger partial charge on any atom is -0.311 e. The van der Waals surface area contributed by atoms with Crippen molar-refractivity contribution < 1.29 is 0 Å². The summed E-state index contributed by atoms with van der Waals surface area (Å²) in [6.45, 7) is 10.5. The molecule has 2 N–H and O–H groups in total. The summed E-state index contributed by atoms with van der Waals surface area (Å²) in [4.78, 5) is 0. The van der Waals surface area contributed by atoms with E-state index in [-0.39, 0.29) is 0 Å². The van der Waals surface area contributed by atoms with E-state index < -0.39 is 0 Å². The van der Waals surface area contributed by atoms with Crippen LogP contribution in [0.25, 0.3) is 0 Å². The number of rotatable bonds is 5. The lowest BCUT2D eigenvalue weighted by molar-refractivity contribution is 0.589. The fourth-order valence-corrected chi connectivity index (χ4v) is 1.64. The summed E-state index contributed by atoms with van der Waals surface area (Å²) in [5.74, 6) is 0. The molecule has 0 aliphatic carbocycles. The van der Waals surface area contributed by atoms with E-state index >= 15 is 0 Å². The molecule has 0 aromatic carbocycles. The first kappa shape index (κ1) is 12.6. The van der Waals surface area contributed by atoms with Crippen LogP contribution >= 0.6 is 11.8 Å². The van der Waals surface area contributed by atoms with Crippen LogP contribution in [-0.2, 0) is 6.54 Å². The van der Waals surface area contributed by atoms with E-state index in [9.17, 15) is 0 Å². The van der Waals surface area contributed by atoms with Crippen molar-refractivity contribution >= 4 is 11.8 Å². The van der Waals surface area contributed by atoms with Crippen molar-refractivity contribution in [3.05, 3.63) is 17.0 Å². The molecule has 0 radical (unpaired) electrons. The molecule has 0 spiro atoms. The van der Waals surface area contributed by atoms with Crippen molar-refractivity contribution in [1.82, 2.24) is 15.5 Å². The van der Waals surface area contributed by atoms with E-state index in [0.717, 1.165) is 18.8 Å². The van der Waals surface area contributed by atoms with Gasteiger partial charge in [0.1, 0.15) is 0 Å². The maximum absolute atomic E-state index is 4.18. The first-order valence-corrected chi connectivity index (χ1v) is 6.45. The van der Waals surface area contributed by atoms with Crippen molar-refractivity contribution in [2.75, 3.05) is 12.8 Å². The van der Waals surface area contributed by atoms with Gasteiger partial charge in [0.25, 0.3) is 0 Å². The van der Waals surface area contributed by atoms with E-state index in [0.29, 0.717) is 4.75 Å². The van der Waals surface area contributed by atoms with Crippen LogP contribution in [0.5, 0.6) is 0 Å². The van der Waals surface area contributed by atoms with Crippen molar-refractivity contribution in [3.8, 4) is 0 Å². The quantitative estimate of drug-likeness (QED) is 0.810. The van der Waals surface area contributed by atoms with Crippen molar-refractivity contribution in [1.29, 1.82) is 0 Å². The van der Waals surface area contributed by atoms with Crippen LogP contribution in [-0.4, -0.2) is 27.7 Å². The highest BCUT2D eigenvalue weighted by Crippen LogP contribution is 2.20. The molecule has 0 bridgehead atoms. The van der Waals surface area contributed by atoms with Crippen LogP contribution in [0.15, 0.2) is 0 Å². The average molecular weight is 227 g/mol. The number of aryl methyl sites for hydroxylation is 2. The summed E-state index contributed by atoms with van der Waals surface area (Å²) in [7, 11) is 0. The molecular weight excluding hydrogens is 206 g/mol. The Balaban J connectivity index is 2.45. The van der Waals surface area contributed by atoms with Crippen LogP contribution in [0.2, 0.25) is 0 Å². The number of aromatic nitrogens is 2. The van der Waals surface area contributed by atoms with Crippen molar-refractivity contribution in [2.45, 2.75) is 39.0 Å². The van der Waals surface area contributed by atoms with Gasteiger partial charge in [-0.3, -0.25) is 5.10 Å². The second-order valence-corrected chi connectivity index (χ2v) is 5.99. The number of H-pyrrole nitrogens is 1. The smallest absolute Gasteiger partial charge is 0.0638 e. The summed E-state index contributed by atoms with van der Waals surface area (Å²) in [5, 5.41) is 10.7. The van der Waals surface area contributed by atoms with Crippen molar-refractivity contribution in [3.63, 3.8) is 0 Å². The highest BCUT2D eigenvalue weighted by molar-refractivity contribution is 7.99. The van der Waals surface area contributed by atoms with Gasteiger partial charge in [0.15, 0.2) is 0 Å². The molecule has 1 aromatic rings. The molecule has 0 aliphatic rings. The van der Waals surface area contributed by atoms with Gasteiger partial charge < -0.3 is 5.32 Å². The molecule has 86 valence electrons. The minimum atomic E-state index is 0.297. The monoisotopic (exact) mass is 227 g/mol. The second kappa shape index (κ2) is 5.03. The molecule has 0 atom stereocenters. The summed E-state index contributed by atoms with van der Waals surface area (Å²) >= 11 is 1.89. The third kappa shape index (κ3) is 3.54. The van der Waals surface area contributed by atoms with E-state index in [2.05, 4.69) is 42.5 Å². The number of nitrogens with one attached hydrogen (secondary N) is 2. The summed E-state index contributed by atoms with van der Waals surface area (Å²) in [6, 6.07) is 0. The zero-order valence-corrected chi connectivity index (χ0v) is 11.1.